The highest BCUT2D eigenvalue weighted by atomic mass is 32.2. The fraction of sp³-hybridized carbons (Fsp3) is 0.611. The Hall–Kier alpha value is -1.48. The molecule has 1 aromatic carbocycles. The molecule has 26 heavy (non-hydrogen) atoms. The number of hydrogen-bond donors (Lipinski definition) is 1. The predicted octanol–water partition coefficient (Wildman–Crippen LogP) is 1.43. The predicted molar refractivity (Wildman–Crippen MR) is 96.9 cm³/mol. The van der Waals surface area contributed by atoms with Crippen LogP contribution in [-0.2, 0) is 14.8 Å². The second-order valence-corrected chi connectivity index (χ2v) is 8.98. The molecule has 2 heterocycles. The number of hydrogen-bond acceptors (Lipinski definition) is 5. The standard InChI is InChI=1S/C18H26N2O5S/c1-14-11-16(18(21)22)4-5-17(14)26(23,24)20-6-2-3-15(13-20)12-19-7-9-25-10-8-19/h4-5,11,15H,2-3,6-10,12-13H2,1H3,(H,21,22)/t15-/m1/s1. The summed E-state index contributed by atoms with van der Waals surface area (Å²) in [6, 6.07) is 4.20. The van der Waals surface area contributed by atoms with Crippen LogP contribution >= 0.6 is 0 Å². The lowest BCUT2D eigenvalue weighted by molar-refractivity contribution is 0.0265. The van der Waals surface area contributed by atoms with E-state index in [1.54, 1.807) is 11.2 Å². The average molecular weight is 382 g/mol. The summed E-state index contributed by atoms with van der Waals surface area (Å²) in [7, 11) is -3.61. The van der Waals surface area contributed by atoms with Crippen LogP contribution in [0.1, 0.15) is 28.8 Å². The molecular weight excluding hydrogens is 356 g/mol. The van der Waals surface area contributed by atoms with Crippen LogP contribution in [0.2, 0.25) is 0 Å². The van der Waals surface area contributed by atoms with Gasteiger partial charge in [0.1, 0.15) is 0 Å². The Morgan fingerprint density at radius 1 is 1.27 bits per heavy atom. The van der Waals surface area contributed by atoms with E-state index >= 15 is 0 Å². The second kappa shape index (κ2) is 8.04. The van der Waals surface area contributed by atoms with E-state index in [1.165, 1.54) is 18.2 Å². The largest absolute Gasteiger partial charge is 0.478 e. The van der Waals surface area contributed by atoms with Gasteiger partial charge >= 0.3 is 5.97 Å². The number of carbonyl (C=O) groups is 1. The molecule has 0 bridgehead atoms. The van der Waals surface area contributed by atoms with E-state index in [9.17, 15) is 13.2 Å². The van der Waals surface area contributed by atoms with Crippen LogP contribution in [0.15, 0.2) is 23.1 Å². The van der Waals surface area contributed by atoms with Crippen molar-refractivity contribution in [3.05, 3.63) is 29.3 Å². The van der Waals surface area contributed by atoms with E-state index < -0.39 is 16.0 Å². The summed E-state index contributed by atoms with van der Waals surface area (Å²) < 4.78 is 33.1. The maximum absolute atomic E-state index is 13.1. The number of carboxylic acid groups (broad SMARTS) is 1. The van der Waals surface area contributed by atoms with Gasteiger partial charge in [0.05, 0.1) is 23.7 Å². The summed E-state index contributed by atoms with van der Waals surface area (Å²) in [4.78, 5) is 13.6. The first kappa shape index (κ1) is 19.3. The van der Waals surface area contributed by atoms with Crippen molar-refractivity contribution in [2.24, 2.45) is 5.92 Å². The van der Waals surface area contributed by atoms with Crippen LogP contribution in [-0.4, -0.2) is 74.6 Å². The Morgan fingerprint density at radius 2 is 2.00 bits per heavy atom. The molecule has 144 valence electrons. The molecular formula is C18H26N2O5S. The number of carboxylic acids is 1. The normalized spacial score (nSPS) is 23.0. The third-order valence-electron chi connectivity index (χ3n) is 5.14. The van der Waals surface area contributed by atoms with Crippen LogP contribution in [0, 0.1) is 12.8 Å². The first-order valence-electron chi connectivity index (χ1n) is 9.02. The maximum Gasteiger partial charge on any atom is 0.335 e. The highest BCUT2D eigenvalue weighted by molar-refractivity contribution is 7.89. The first-order chi connectivity index (χ1) is 12.4. The molecule has 2 fully saturated rings. The lowest BCUT2D eigenvalue weighted by atomic mass is 9.99. The zero-order valence-electron chi connectivity index (χ0n) is 15.1. The van der Waals surface area contributed by atoms with Gasteiger partial charge in [0.25, 0.3) is 0 Å². The number of sulfonamides is 1. The van der Waals surface area contributed by atoms with E-state index in [1.807, 2.05) is 0 Å². The molecule has 1 atom stereocenters. The van der Waals surface area contributed by atoms with Crippen molar-refractivity contribution in [2.45, 2.75) is 24.7 Å². The molecule has 1 N–H and O–H groups in total. The Bertz CT molecular complexity index is 759. The lowest BCUT2D eigenvalue weighted by Crippen LogP contribution is -2.46. The molecule has 2 saturated heterocycles. The monoisotopic (exact) mass is 382 g/mol. The van der Waals surface area contributed by atoms with Gasteiger partial charge in [-0.1, -0.05) is 0 Å². The van der Waals surface area contributed by atoms with Crippen LogP contribution in [0.3, 0.4) is 0 Å². The Labute approximate surface area is 154 Å². The van der Waals surface area contributed by atoms with E-state index in [0.717, 1.165) is 45.7 Å². The molecule has 0 aliphatic carbocycles. The molecule has 2 aliphatic rings. The molecule has 0 spiro atoms. The third-order valence-corrected chi connectivity index (χ3v) is 7.17. The maximum atomic E-state index is 13.1. The zero-order chi connectivity index (χ0) is 18.7. The van der Waals surface area contributed by atoms with E-state index in [4.69, 9.17) is 9.84 Å². The summed E-state index contributed by atoms with van der Waals surface area (Å²) in [6.07, 6.45) is 1.88. The van der Waals surface area contributed by atoms with Crippen molar-refractivity contribution >= 4 is 16.0 Å². The molecule has 1 aromatic rings. The summed E-state index contributed by atoms with van der Waals surface area (Å²) in [5.74, 6) is -0.740. The number of ether oxygens (including phenoxy) is 1. The van der Waals surface area contributed by atoms with Gasteiger partial charge in [-0.3, -0.25) is 4.90 Å². The second-order valence-electron chi connectivity index (χ2n) is 7.07. The number of piperidine rings is 1. The molecule has 2 aliphatic heterocycles. The van der Waals surface area contributed by atoms with E-state index in [-0.39, 0.29) is 10.5 Å². The summed E-state index contributed by atoms with van der Waals surface area (Å²) in [5, 5.41) is 9.07. The summed E-state index contributed by atoms with van der Waals surface area (Å²) in [6.45, 7) is 6.86. The minimum absolute atomic E-state index is 0.102. The highest BCUT2D eigenvalue weighted by Crippen LogP contribution is 2.27. The van der Waals surface area contributed by atoms with Crippen LogP contribution in [0.5, 0.6) is 0 Å². The molecule has 0 aromatic heterocycles. The van der Waals surface area contributed by atoms with Crippen LogP contribution in [0.25, 0.3) is 0 Å². The smallest absolute Gasteiger partial charge is 0.335 e. The molecule has 7 nitrogen and oxygen atoms in total. The van der Waals surface area contributed by atoms with Crippen molar-refractivity contribution in [3.8, 4) is 0 Å². The van der Waals surface area contributed by atoms with Gasteiger partial charge in [0.15, 0.2) is 0 Å². The fourth-order valence-electron chi connectivity index (χ4n) is 3.75. The van der Waals surface area contributed by atoms with Gasteiger partial charge in [-0.2, -0.15) is 4.31 Å². The SMILES string of the molecule is Cc1cc(C(=O)O)ccc1S(=O)(=O)N1CCC[C@H](CN2CCOCC2)C1. The van der Waals surface area contributed by atoms with Gasteiger partial charge in [-0.05, 0) is 49.4 Å². The molecule has 0 saturated carbocycles. The van der Waals surface area contributed by atoms with Gasteiger partial charge in [0, 0.05) is 32.7 Å². The zero-order valence-corrected chi connectivity index (χ0v) is 15.9. The molecule has 8 heteroatoms. The van der Waals surface area contributed by atoms with Crippen LogP contribution in [0.4, 0.5) is 0 Å². The molecule has 3 rings (SSSR count). The quantitative estimate of drug-likeness (QED) is 0.829. The number of morpholine rings is 1. The Balaban J connectivity index is 1.73. The minimum Gasteiger partial charge on any atom is -0.478 e. The van der Waals surface area contributed by atoms with Crippen molar-refractivity contribution in [1.29, 1.82) is 0 Å². The van der Waals surface area contributed by atoms with Gasteiger partial charge in [0.2, 0.25) is 10.0 Å². The van der Waals surface area contributed by atoms with E-state index in [0.29, 0.717) is 24.6 Å². The fourth-order valence-corrected chi connectivity index (χ4v) is 5.51. The molecule has 0 unspecified atom stereocenters. The number of rotatable bonds is 5. The van der Waals surface area contributed by atoms with Crippen molar-refractivity contribution < 1.29 is 23.1 Å². The van der Waals surface area contributed by atoms with Crippen LogP contribution < -0.4 is 0 Å². The highest BCUT2D eigenvalue weighted by Gasteiger charge is 2.32. The van der Waals surface area contributed by atoms with E-state index in [2.05, 4.69) is 4.90 Å². The number of aromatic carboxylic acids is 1. The van der Waals surface area contributed by atoms with Crippen molar-refractivity contribution in [1.82, 2.24) is 9.21 Å². The number of benzene rings is 1. The first-order valence-corrected chi connectivity index (χ1v) is 10.5. The van der Waals surface area contributed by atoms with Crippen molar-refractivity contribution in [2.75, 3.05) is 45.9 Å². The Kier molecular flexibility index (Phi) is 5.96. The number of nitrogens with zero attached hydrogens (tertiary/aromatic N) is 2. The van der Waals surface area contributed by atoms with Crippen molar-refractivity contribution in [3.63, 3.8) is 0 Å². The van der Waals surface area contributed by atoms with Gasteiger partial charge < -0.3 is 9.84 Å². The lowest BCUT2D eigenvalue weighted by Gasteiger charge is -2.36. The average Bonchev–Trinajstić information content (AvgIpc) is 2.62. The summed E-state index contributed by atoms with van der Waals surface area (Å²) in [5.41, 5.74) is 0.575. The topological polar surface area (TPSA) is 87.1 Å². The van der Waals surface area contributed by atoms with Gasteiger partial charge in [-0.15, -0.1) is 0 Å². The molecule has 0 amide bonds. The minimum atomic E-state index is -3.61. The number of aryl methyl sites for hydroxylation is 1. The Morgan fingerprint density at radius 3 is 2.65 bits per heavy atom. The summed E-state index contributed by atoms with van der Waals surface area (Å²) >= 11 is 0. The molecule has 0 radical (unpaired) electrons. The third kappa shape index (κ3) is 4.25. The van der Waals surface area contributed by atoms with Gasteiger partial charge in [-0.25, -0.2) is 13.2 Å².